The van der Waals surface area contributed by atoms with Gasteiger partial charge in [0.15, 0.2) is 12.0 Å². The molecule has 0 unspecified atom stereocenters. The van der Waals surface area contributed by atoms with Crippen LogP contribution in [0.3, 0.4) is 0 Å². The first kappa shape index (κ1) is 22.9. The highest BCUT2D eigenvalue weighted by atomic mass is 19.3. The average Bonchev–Trinajstić information content (AvgIpc) is 3.28. The van der Waals surface area contributed by atoms with Gasteiger partial charge in [0, 0.05) is 18.5 Å². The number of halogens is 3. The largest absolute Gasteiger partial charge is 0.470 e. The number of carbonyl (C=O) groups is 1. The number of amides is 1. The molecular formula is C20H25F3N6O4. The van der Waals surface area contributed by atoms with Gasteiger partial charge in [-0.2, -0.15) is 13.8 Å². The van der Waals surface area contributed by atoms with Crippen molar-refractivity contribution in [3.05, 3.63) is 18.5 Å². The number of nitrogens with one attached hydrogen (secondary N) is 2. The maximum Gasteiger partial charge on any atom is 0.410 e. The van der Waals surface area contributed by atoms with Crippen LogP contribution in [0, 0.1) is 0 Å². The molecular weight excluding hydrogens is 445 g/mol. The Balaban J connectivity index is 1.40. The highest BCUT2D eigenvalue weighted by Gasteiger charge is 2.52. The van der Waals surface area contributed by atoms with Gasteiger partial charge < -0.3 is 19.5 Å². The van der Waals surface area contributed by atoms with Crippen molar-refractivity contribution < 1.29 is 32.2 Å². The topological polar surface area (TPSA) is 114 Å². The molecule has 0 saturated carbocycles. The third kappa shape index (κ3) is 5.40. The number of piperidine rings is 1. The Morgan fingerprint density at radius 3 is 2.79 bits per heavy atom. The molecule has 4 atom stereocenters. The summed E-state index contributed by atoms with van der Waals surface area (Å²) in [6.45, 7) is 2.31. The Hall–Kier alpha value is -3.25. The average molecular weight is 470 g/mol. The molecule has 2 aromatic rings. The van der Waals surface area contributed by atoms with E-state index in [0.717, 1.165) is 0 Å². The Bertz CT molecular complexity index is 985. The molecule has 33 heavy (non-hydrogen) atoms. The quantitative estimate of drug-likeness (QED) is 0.655. The van der Waals surface area contributed by atoms with Gasteiger partial charge in [0.2, 0.25) is 11.8 Å². The van der Waals surface area contributed by atoms with Crippen LogP contribution in [-0.2, 0) is 4.74 Å². The van der Waals surface area contributed by atoms with Crippen LogP contribution in [0.2, 0.25) is 0 Å². The zero-order valence-corrected chi connectivity index (χ0v) is 18.3. The minimum Gasteiger partial charge on any atom is -0.470 e. The molecule has 180 valence electrons. The van der Waals surface area contributed by atoms with Crippen molar-refractivity contribution in [3.63, 3.8) is 0 Å². The van der Waals surface area contributed by atoms with Gasteiger partial charge in [-0.05, 0) is 33.6 Å². The number of ether oxygens (including phenoxy) is 3. The van der Waals surface area contributed by atoms with Crippen molar-refractivity contribution in [2.75, 3.05) is 5.32 Å². The van der Waals surface area contributed by atoms with Gasteiger partial charge in [0.25, 0.3) is 0 Å². The van der Waals surface area contributed by atoms with E-state index >= 15 is 4.39 Å². The fraction of sp³-hybridized carbons (Fsp3) is 0.600. The van der Waals surface area contributed by atoms with Gasteiger partial charge in [0.05, 0.1) is 18.4 Å². The van der Waals surface area contributed by atoms with Crippen molar-refractivity contribution in [1.29, 1.82) is 0 Å². The molecule has 0 radical (unpaired) electrons. The number of H-pyrrole nitrogens is 1. The van der Waals surface area contributed by atoms with Crippen molar-refractivity contribution >= 4 is 17.7 Å². The fourth-order valence-electron chi connectivity index (χ4n) is 4.09. The lowest BCUT2D eigenvalue weighted by Crippen LogP contribution is -2.57. The number of aromatic nitrogens is 4. The summed E-state index contributed by atoms with van der Waals surface area (Å²) < 4.78 is 55.3. The fourth-order valence-corrected chi connectivity index (χ4v) is 4.09. The smallest absolute Gasteiger partial charge is 0.410 e. The summed E-state index contributed by atoms with van der Waals surface area (Å²) in [5.41, 5.74) is -0.667. The maximum atomic E-state index is 15.3. The molecule has 2 saturated heterocycles. The van der Waals surface area contributed by atoms with Gasteiger partial charge in [-0.3, -0.25) is 15.0 Å². The number of rotatable bonds is 6. The molecule has 4 rings (SSSR count). The molecule has 2 aliphatic heterocycles. The highest BCUT2D eigenvalue weighted by molar-refractivity contribution is 5.70. The van der Waals surface area contributed by atoms with Crippen LogP contribution < -0.4 is 14.8 Å². The molecule has 2 N–H and O–H groups in total. The van der Waals surface area contributed by atoms with E-state index < -0.39 is 36.6 Å². The summed E-state index contributed by atoms with van der Waals surface area (Å²) in [7, 11) is 0. The van der Waals surface area contributed by atoms with Crippen molar-refractivity contribution in [2.45, 2.75) is 76.6 Å². The Morgan fingerprint density at radius 1 is 1.27 bits per heavy atom. The summed E-state index contributed by atoms with van der Waals surface area (Å²) in [6.07, 6.45) is 1.48. The van der Waals surface area contributed by atoms with E-state index in [0.29, 0.717) is 19.3 Å². The van der Waals surface area contributed by atoms with Gasteiger partial charge in [-0.25, -0.2) is 9.18 Å². The maximum absolute atomic E-state index is 15.3. The Kier molecular flexibility index (Phi) is 6.21. The number of alkyl halides is 3. The lowest BCUT2D eigenvalue weighted by Gasteiger charge is -2.41. The lowest BCUT2D eigenvalue weighted by atomic mass is 9.98. The molecule has 0 aromatic carbocycles. The minimum absolute atomic E-state index is 0.0846. The Morgan fingerprint density at radius 2 is 2.06 bits per heavy atom. The number of anilines is 2. The second-order valence-electron chi connectivity index (χ2n) is 8.89. The number of aromatic amines is 1. The van der Waals surface area contributed by atoms with Crippen molar-refractivity contribution in [1.82, 2.24) is 25.1 Å². The van der Waals surface area contributed by atoms with Crippen LogP contribution in [0.15, 0.2) is 18.5 Å². The Labute approximate surface area is 187 Å². The molecule has 0 spiro atoms. The molecule has 13 heteroatoms. The molecule has 2 aliphatic rings. The molecule has 4 heterocycles. The summed E-state index contributed by atoms with van der Waals surface area (Å²) >= 11 is 0. The summed E-state index contributed by atoms with van der Waals surface area (Å²) in [5, 5.41) is 8.87. The van der Waals surface area contributed by atoms with Gasteiger partial charge >= 0.3 is 12.7 Å². The number of fused-ring (bicyclic) bond motifs is 2. The molecule has 0 aliphatic carbocycles. The summed E-state index contributed by atoms with van der Waals surface area (Å²) in [6, 6.07) is 0.411. The third-order valence-corrected chi connectivity index (χ3v) is 5.29. The zero-order valence-electron chi connectivity index (χ0n) is 18.3. The number of hydrogen-bond donors (Lipinski definition) is 2. The van der Waals surface area contributed by atoms with E-state index in [1.807, 2.05) is 0 Å². The monoisotopic (exact) mass is 470 g/mol. The molecule has 10 nitrogen and oxygen atoms in total. The molecule has 2 aromatic heterocycles. The van der Waals surface area contributed by atoms with Crippen LogP contribution in [0.1, 0.15) is 40.0 Å². The van der Waals surface area contributed by atoms with Gasteiger partial charge in [0.1, 0.15) is 17.5 Å². The van der Waals surface area contributed by atoms with E-state index in [4.69, 9.17) is 9.47 Å². The summed E-state index contributed by atoms with van der Waals surface area (Å²) in [4.78, 5) is 22.3. The van der Waals surface area contributed by atoms with Crippen LogP contribution >= 0.6 is 0 Å². The molecule has 2 bridgehead atoms. The van der Waals surface area contributed by atoms with Crippen LogP contribution in [-0.4, -0.2) is 67.7 Å². The first-order valence-electron chi connectivity index (χ1n) is 10.5. The minimum atomic E-state index is -3.00. The first-order valence-corrected chi connectivity index (χ1v) is 10.5. The zero-order chi connectivity index (χ0) is 23.8. The van der Waals surface area contributed by atoms with E-state index in [2.05, 4.69) is 30.2 Å². The molecule has 2 fully saturated rings. The lowest BCUT2D eigenvalue weighted by molar-refractivity contribution is -0.0529. The number of hydrogen-bond acceptors (Lipinski definition) is 8. The van der Waals surface area contributed by atoms with E-state index in [-0.39, 0.29) is 29.4 Å². The SMILES string of the molecule is CC(C)(C)OC(=O)N1[C@@H]2CC[C@H]1[C@H](F)[C@@H](Oc1cncc(Nc3cc(OC(F)F)n[nH]3)n1)C2. The predicted octanol–water partition coefficient (Wildman–Crippen LogP) is 3.80. The number of carbonyl (C=O) groups excluding carboxylic acids is 1. The van der Waals surface area contributed by atoms with Crippen LogP contribution in [0.5, 0.6) is 11.8 Å². The number of nitrogens with zero attached hydrogens (tertiary/aromatic N) is 4. The third-order valence-electron chi connectivity index (χ3n) is 5.29. The van der Waals surface area contributed by atoms with Crippen LogP contribution in [0.25, 0.3) is 0 Å². The second kappa shape index (κ2) is 8.94. The highest BCUT2D eigenvalue weighted by Crippen LogP contribution is 2.39. The normalized spacial score (nSPS) is 24.6. The standard InChI is InChI=1S/C20H25F3N6O4/c1-20(2,3)33-19(30)29-10-4-5-11(29)17(21)12(6-10)31-16-9-24-8-14(26-16)25-13-7-15(28-27-13)32-18(22)23/h7-12,17-18H,4-6H2,1-3H3,(H2,25,26,27,28)/t10-,11+,12+,17+/m1/s1. The van der Waals surface area contributed by atoms with Crippen molar-refractivity contribution in [2.24, 2.45) is 0 Å². The van der Waals surface area contributed by atoms with Crippen molar-refractivity contribution in [3.8, 4) is 11.8 Å². The van der Waals surface area contributed by atoms with Crippen LogP contribution in [0.4, 0.5) is 29.6 Å². The van der Waals surface area contributed by atoms with Gasteiger partial charge in [-0.15, -0.1) is 5.10 Å². The predicted molar refractivity (Wildman–Crippen MR) is 109 cm³/mol. The van der Waals surface area contributed by atoms with Gasteiger partial charge in [-0.1, -0.05) is 0 Å². The van der Waals surface area contributed by atoms with E-state index in [1.165, 1.54) is 23.4 Å². The van der Waals surface area contributed by atoms with E-state index in [1.54, 1.807) is 20.8 Å². The second-order valence-corrected chi connectivity index (χ2v) is 8.89. The summed E-state index contributed by atoms with van der Waals surface area (Å²) in [5.74, 6) is 0.259. The first-order chi connectivity index (χ1) is 15.6. The molecule has 1 amide bonds. The van der Waals surface area contributed by atoms with E-state index in [9.17, 15) is 13.6 Å².